The van der Waals surface area contributed by atoms with Crippen LogP contribution in [-0.2, 0) is 6.54 Å². The van der Waals surface area contributed by atoms with Crippen molar-refractivity contribution in [2.75, 3.05) is 6.54 Å². The lowest BCUT2D eigenvalue weighted by Crippen LogP contribution is -2.27. The first-order valence-electron chi connectivity index (χ1n) is 7.79. The molecular formula is C17H23N3O. The van der Waals surface area contributed by atoms with Crippen molar-refractivity contribution < 1.29 is 5.11 Å². The van der Waals surface area contributed by atoms with Crippen molar-refractivity contribution in [3.05, 3.63) is 48.3 Å². The van der Waals surface area contributed by atoms with E-state index in [0.717, 1.165) is 50.4 Å². The van der Waals surface area contributed by atoms with Crippen LogP contribution in [0.15, 0.2) is 42.7 Å². The lowest BCUT2D eigenvalue weighted by Gasteiger charge is -2.25. The first kappa shape index (κ1) is 14.3. The van der Waals surface area contributed by atoms with E-state index in [1.807, 2.05) is 16.9 Å². The van der Waals surface area contributed by atoms with Crippen molar-refractivity contribution in [2.24, 2.45) is 5.92 Å². The highest BCUT2D eigenvalue weighted by atomic mass is 16.3. The lowest BCUT2D eigenvalue weighted by molar-refractivity contribution is 0.108. The predicted molar refractivity (Wildman–Crippen MR) is 83.2 cm³/mol. The van der Waals surface area contributed by atoms with E-state index < -0.39 is 0 Å². The summed E-state index contributed by atoms with van der Waals surface area (Å²) in [5, 5.41) is 17.3. The van der Waals surface area contributed by atoms with E-state index in [2.05, 4.69) is 34.7 Å². The summed E-state index contributed by atoms with van der Waals surface area (Å²) in [6.45, 7) is 1.95. The SMILES string of the molecule is OC1CCC(CNCc2ccc(-n3cccn3)cc2)CC1. The second-order valence-electron chi connectivity index (χ2n) is 5.92. The number of nitrogens with zero attached hydrogens (tertiary/aromatic N) is 2. The summed E-state index contributed by atoms with van der Waals surface area (Å²) < 4.78 is 1.87. The van der Waals surface area contributed by atoms with Gasteiger partial charge in [-0.25, -0.2) is 4.68 Å². The zero-order valence-electron chi connectivity index (χ0n) is 12.3. The molecular weight excluding hydrogens is 262 g/mol. The van der Waals surface area contributed by atoms with Gasteiger partial charge in [-0.15, -0.1) is 0 Å². The van der Waals surface area contributed by atoms with Crippen LogP contribution in [0.4, 0.5) is 0 Å². The molecule has 1 aliphatic rings. The fraction of sp³-hybridized carbons (Fsp3) is 0.471. The maximum absolute atomic E-state index is 9.51. The lowest BCUT2D eigenvalue weighted by atomic mass is 9.87. The van der Waals surface area contributed by atoms with Crippen LogP contribution in [0.25, 0.3) is 5.69 Å². The van der Waals surface area contributed by atoms with Gasteiger partial charge in [-0.2, -0.15) is 5.10 Å². The van der Waals surface area contributed by atoms with Gasteiger partial charge in [-0.1, -0.05) is 12.1 Å². The largest absolute Gasteiger partial charge is 0.393 e. The van der Waals surface area contributed by atoms with E-state index in [-0.39, 0.29) is 6.10 Å². The Kier molecular flexibility index (Phi) is 4.68. The monoisotopic (exact) mass is 285 g/mol. The van der Waals surface area contributed by atoms with Crippen molar-refractivity contribution in [3.8, 4) is 5.69 Å². The highest BCUT2D eigenvalue weighted by molar-refractivity contribution is 5.33. The van der Waals surface area contributed by atoms with Crippen LogP contribution in [-0.4, -0.2) is 27.5 Å². The summed E-state index contributed by atoms with van der Waals surface area (Å²) in [5.41, 5.74) is 2.38. The van der Waals surface area contributed by atoms with E-state index in [4.69, 9.17) is 0 Å². The molecule has 0 atom stereocenters. The molecule has 4 nitrogen and oxygen atoms in total. The van der Waals surface area contributed by atoms with Gasteiger partial charge in [0.15, 0.2) is 0 Å². The van der Waals surface area contributed by atoms with Crippen LogP contribution in [0.5, 0.6) is 0 Å². The summed E-state index contributed by atoms with van der Waals surface area (Å²) in [4.78, 5) is 0. The van der Waals surface area contributed by atoms with Crippen LogP contribution in [0, 0.1) is 5.92 Å². The molecule has 2 N–H and O–H groups in total. The molecule has 0 radical (unpaired) electrons. The molecule has 2 aromatic rings. The Balaban J connectivity index is 1.45. The van der Waals surface area contributed by atoms with Crippen molar-refractivity contribution in [3.63, 3.8) is 0 Å². The standard InChI is InChI=1S/C17H23N3O/c21-17-8-4-15(5-9-17)13-18-12-14-2-6-16(7-3-14)20-11-1-10-19-20/h1-3,6-7,10-11,15,17-18,21H,4-5,8-9,12-13H2. The number of hydrogen-bond acceptors (Lipinski definition) is 3. The zero-order chi connectivity index (χ0) is 14.5. The van der Waals surface area contributed by atoms with E-state index >= 15 is 0 Å². The number of aliphatic hydroxyl groups excluding tert-OH is 1. The van der Waals surface area contributed by atoms with E-state index in [9.17, 15) is 5.11 Å². The van der Waals surface area contributed by atoms with Crippen LogP contribution in [0.1, 0.15) is 31.2 Å². The molecule has 3 rings (SSSR count). The highest BCUT2D eigenvalue weighted by Crippen LogP contribution is 2.23. The second kappa shape index (κ2) is 6.87. The smallest absolute Gasteiger partial charge is 0.0645 e. The van der Waals surface area contributed by atoms with E-state index in [1.54, 1.807) is 6.20 Å². The van der Waals surface area contributed by atoms with Gasteiger partial charge in [0.25, 0.3) is 0 Å². The number of rotatable bonds is 5. The molecule has 0 aliphatic heterocycles. The summed E-state index contributed by atoms with van der Waals surface area (Å²) in [5.74, 6) is 0.719. The quantitative estimate of drug-likeness (QED) is 0.887. The second-order valence-corrected chi connectivity index (χ2v) is 5.92. The molecule has 1 heterocycles. The van der Waals surface area contributed by atoms with Crippen molar-refractivity contribution in [2.45, 2.75) is 38.3 Å². The number of nitrogens with one attached hydrogen (secondary N) is 1. The van der Waals surface area contributed by atoms with Gasteiger partial charge >= 0.3 is 0 Å². The molecule has 1 aromatic heterocycles. The van der Waals surface area contributed by atoms with E-state index in [1.165, 1.54) is 5.56 Å². The minimum atomic E-state index is -0.0592. The van der Waals surface area contributed by atoms with Gasteiger partial charge < -0.3 is 10.4 Å². The van der Waals surface area contributed by atoms with Crippen molar-refractivity contribution >= 4 is 0 Å². The Labute approximate surface area is 125 Å². The molecule has 0 spiro atoms. The van der Waals surface area contributed by atoms with Crippen LogP contribution in [0.2, 0.25) is 0 Å². The number of aromatic nitrogens is 2. The molecule has 1 aromatic carbocycles. The van der Waals surface area contributed by atoms with Gasteiger partial charge in [0.1, 0.15) is 0 Å². The summed E-state index contributed by atoms with van der Waals surface area (Å²) in [6.07, 6.45) is 7.90. The number of hydrogen-bond donors (Lipinski definition) is 2. The molecule has 1 saturated carbocycles. The van der Waals surface area contributed by atoms with Crippen LogP contribution in [0.3, 0.4) is 0 Å². The maximum Gasteiger partial charge on any atom is 0.0645 e. The van der Waals surface area contributed by atoms with E-state index in [0.29, 0.717) is 0 Å². The first-order chi connectivity index (χ1) is 10.3. The van der Waals surface area contributed by atoms with Gasteiger partial charge in [0.2, 0.25) is 0 Å². The third-order valence-corrected chi connectivity index (χ3v) is 4.28. The van der Waals surface area contributed by atoms with Crippen molar-refractivity contribution in [1.29, 1.82) is 0 Å². The van der Waals surface area contributed by atoms with Gasteiger partial charge in [-0.3, -0.25) is 0 Å². The predicted octanol–water partition coefficient (Wildman–Crippen LogP) is 2.51. The molecule has 1 aliphatic carbocycles. The average molecular weight is 285 g/mol. The fourth-order valence-electron chi connectivity index (χ4n) is 2.96. The fourth-order valence-corrected chi connectivity index (χ4v) is 2.96. The van der Waals surface area contributed by atoms with Crippen molar-refractivity contribution in [1.82, 2.24) is 15.1 Å². The van der Waals surface area contributed by atoms with Gasteiger partial charge in [-0.05, 0) is 61.9 Å². The molecule has 112 valence electrons. The minimum Gasteiger partial charge on any atom is -0.393 e. The Hall–Kier alpha value is -1.65. The molecule has 0 unspecified atom stereocenters. The summed E-state index contributed by atoms with van der Waals surface area (Å²) >= 11 is 0. The molecule has 0 bridgehead atoms. The zero-order valence-corrected chi connectivity index (χ0v) is 12.3. The summed E-state index contributed by atoms with van der Waals surface area (Å²) in [7, 11) is 0. The van der Waals surface area contributed by atoms with Crippen LogP contribution < -0.4 is 5.32 Å². The highest BCUT2D eigenvalue weighted by Gasteiger charge is 2.18. The Bertz CT molecular complexity index is 528. The number of aliphatic hydroxyl groups is 1. The summed E-state index contributed by atoms with van der Waals surface area (Å²) in [6, 6.07) is 10.4. The normalized spacial score (nSPS) is 22.3. The Morgan fingerprint density at radius 1 is 1.14 bits per heavy atom. The molecule has 1 fully saturated rings. The first-order valence-corrected chi connectivity index (χ1v) is 7.79. The third-order valence-electron chi connectivity index (χ3n) is 4.28. The molecule has 21 heavy (non-hydrogen) atoms. The van der Waals surface area contributed by atoms with Gasteiger partial charge in [0, 0.05) is 18.9 Å². The maximum atomic E-state index is 9.51. The molecule has 0 amide bonds. The van der Waals surface area contributed by atoms with Gasteiger partial charge in [0.05, 0.1) is 11.8 Å². The topological polar surface area (TPSA) is 50.1 Å². The van der Waals surface area contributed by atoms with Crippen LogP contribution >= 0.6 is 0 Å². The third kappa shape index (κ3) is 3.93. The minimum absolute atomic E-state index is 0.0592. The molecule has 0 saturated heterocycles. The molecule has 4 heteroatoms. The Morgan fingerprint density at radius 2 is 1.90 bits per heavy atom. The Morgan fingerprint density at radius 3 is 2.57 bits per heavy atom. The average Bonchev–Trinajstić information content (AvgIpc) is 3.04. The number of benzene rings is 1.